The number of nitrogens with one attached hydrogen (secondary N) is 2. The molecule has 0 radical (unpaired) electrons. The molecule has 0 fully saturated rings. The van der Waals surface area contributed by atoms with Gasteiger partial charge in [-0.05, 0) is 19.9 Å². The zero-order valence-electron chi connectivity index (χ0n) is 11.5. The molecular formula is C13H13N5O2S. The van der Waals surface area contributed by atoms with E-state index in [0.717, 1.165) is 26.5 Å². The van der Waals surface area contributed by atoms with E-state index >= 15 is 0 Å². The number of nitrogens with zero attached hydrogens (tertiary/aromatic N) is 3. The van der Waals surface area contributed by atoms with Crippen LogP contribution in [-0.2, 0) is 6.54 Å². The van der Waals surface area contributed by atoms with Crippen LogP contribution < -0.4 is 5.32 Å². The Morgan fingerprint density at radius 3 is 2.90 bits per heavy atom. The number of H-pyrrole nitrogens is 1. The average molecular weight is 303 g/mol. The topological polar surface area (TPSA) is 96.7 Å². The second-order valence-corrected chi connectivity index (χ2v) is 5.94. The number of aryl methyl sites for hydroxylation is 2. The number of anilines is 1. The van der Waals surface area contributed by atoms with Crippen LogP contribution in [-0.4, -0.2) is 20.1 Å². The van der Waals surface area contributed by atoms with Gasteiger partial charge >= 0.3 is 0 Å². The van der Waals surface area contributed by atoms with Crippen molar-refractivity contribution in [2.24, 2.45) is 0 Å². The number of benzene rings is 1. The zero-order chi connectivity index (χ0) is 15.0. The van der Waals surface area contributed by atoms with E-state index in [1.54, 1.807) is 18.3 Å². The van der Waals surface area contributed by atoms with E-state index in [0.29, 0.717) is 12.2 Å². The van der Waals surface area contributed by atoms with E-state index in [4.69, 9.17) is 0 Å². The number of aromatic amines is 1. The van der Waals surface area contributed by atoms with Crippen molar-refractivity contribution in [2.45, 2.75) is 20.4 Å². The van der Waals surface area contributed by atoms with E-state index < -0.39 is 0 Å². The lowest BCUT2D eigenvalue weighted by atomic mass is 10.2. The summed E-state index contributed by atoms with van der Waals surface area (Å²) in [4.78, 5) is 15.2. The number of hydrogen-bond donors (Lipinski definition) is 2. The number of thiazole rings is 1. The Morgan fingerprint density at radius 1 is 1.43 bits per heavy atom. The van der Waals surface area contributed by atoms with Gasteiger partial charge < -0.3 is 5.32 Å². The van der Waals surface area contributed by atoms with Gasteiger partial charge in [0.1, 0.15) is 5.69 Å². The van der Waals surface area contributed by atoms with Gasteiger partial charge in [-0.25, -0.2) is 4.98 Å². The highest BCUT2D eigenvalue weighted by Gasteiger charge is 2.17. The van der Waals surface area contributed by atoms with Gasteiger partial charge in [-0.15, -0.1) is 11.3 Å². The first kappa shape index (κ1) is 13.5. The van der Waals surface area contributed by atoms with Gasteiger partial charge in [0.2, 0.25) is 0 Å². The monoisotopic (exact) mass is 303 g/mol. The summed E-state index contributed by atoms with van der Waals surface area (Å²) in [7, 11) is 0. The van der Waals surface area contributed by atoms with Crippen molar-refractivity contribution in [3.63, 3.8) is 0 Å². The first-order valence-electron chi connectivity index (χ1n) is 6.33. The largest absolute Gasteiger partial charge is 0.375 e. The molecule has 2 heterocycles. The van der Waals surface area contributed by atoms with Gasteiger partial charge in [0.15, 0.2) is 0 Å². The minimum atomic E-state index is -0.376. The standard InChI is InChI=1S/C13H13N5O2S/c1-7-9(6-15-17-7)5-14-10-3-11-13(21-8(2)16-11)4-12(10)18(19)20/h3-4,6,14H,5H2,1-2H3,(H,15,17). The number of fused-ring (bicyclic) bond motifs is 1. The van der Waals surface area contributed by atoms with E-state index in [1.165, 1.54) is 11.3 Å². The van der Waals surface area contributed by atoms with E-state index in [2.05, 4.69) is 20.5 Å². The highest BCUT2D eigenvalue weighted by Crippen LogP contribution is 2.33. The number of nitro groups is 1. The third-order valence-corrected chi connectivity index (χ3v) is 4.15. The first-order valence-corrected chi connectivity index (χ1v) is 7.14. The molecule has 2 aromatic heterocycles. The summed E-state index contributed by atoms with van der Waals surface area (Å²) in [5, 5.41) is 22.0. The molecule has 3 rings (SSSR count). The lowest BCUT2D eigenvalue weighted by Gasteiger charge is -2.06. The molecule has 7 nitrogen and oxygen atoms in total. The Balaban J connectivity index is 1.97. The first-order chi connectivity index (χ1) is 10.0. The predicted molar refractivity (Wildman–Crippen MR) is 81.7 cm³/mol. The van der Waals surface area contributed by atoms with Crippen LogP contribution >= 0.6 is 11.3 Å². The summed E-state index contributed by atoms with van der Waals surface area (Å²) in [6.07, 6.45) is 1.71. The van der Waals surface area contributed by atoms with Gasteiger partial charge in [-0.2, -0.15) is 5.10 Å². The third kappa shape index (κ3) is 2.57. The maximum atomic E-state index is 11.2. The quantitative estimate of drug-likeness (QED) is 0.570. The summed E-state index contributed by atoms with van der Waals surface area (Å²) in [5.74, 6) is 0. The van der Waals surface area contributed by atoms with Crippen molar-refractivity contribution < 1.29 is 4.92 Å². The number of aromatic nitrogens is 3. The molecule has 0 aliphatic rings. The number of hydrogen-bond acceptors (Lipinski definition) is 6. The van der Waals surface area contributed by atoms with Crippen molar-refractivity contribution in [2.75, 3.05) is 5.32 Å². The van der Waals surface area contributed by atoms with E-state index in [9.17, 15) is 10.1 Å². The Hall–Kier alpha value is -2.48. The summed E-state index contributed by atoms with van der Waals surface area (Å²) in [6.45, 7) is 4.27. The molecule has 0 saturated carbocycles. The molecule has 0 saturated heterocycles. The number of nitro benzene ring substituents is 1. The van der Waals surface area contributed by atoms with Crippen LogP contribution in [0.2, 0.25) is 0 Å². The Kier molecular flexibility index (Phi) is 3.30. The third-order valence-electron chi connectivity index (χ3n) is 3.21. The predicted octanol–water partition coefficient (Wildman–Crippen LogP) is 3.16. The average Bonchev–Trinajstić information content (AvgIpc) is 2.99. The molecule has 3 aromatic rings. The SMILES string of the molecule is Cc1nc2cc(NCc3cn[nH]c3C)c([N+](=O)[O-])cc2s1. The molecule has 0 bridgehead atoms. The zero-order valence-corrected chi connectivity index (χ0v) is 12.3. The molecule has 0 amide bonds. The minimum absolute atomic E-state index is 0.0623. The van der Waals surface area contributed by atoms with Crippen LogP contribution in [0.5, 0.6) is 0 Å². The van der Waals surface area contributed by atoms with Gasteiger partial charge in [-0.3, -0.25) is 15.2 Å². The lowest BCUT2D eigenvalue weighted by molar-refractivity contribution is -0.383. The highest BCUT2D eigenvalue weighted by atomic mass is 32.1. The maximum Gasteiger partial charge on any atom is 0.293 e. The molecule has 0 spiro atoms. The maximum absolute atomic E-state index is 11.2. The fourth-order valence-electron chi connectivity index (χ4n) is 2.12. The Morgan fingerprint density at radius 2 is 2.24 bits per heavy atom. The second kappa shape index (κ2) is 5.13. The van der Waals surface area contributed by atoms with Crippen LogP contribution in [0, 0.1) is 24.0 Å². The van der Waals surface area contributed by atoms with Gasteiger partial charge in [0.25, 0.3) is 5.69 Å². The van der Waals surface area contributed by atoms with E-state index in [-0.39, 0.29) is 10.6 Å². The van der Waals surface area contributed by atoms with Crippen molar-refractivity contribution in [1.82, 2.24) is 15.2 Å². The van der Waals surface area contributed by atoms with Crippen molar-refractivity contribution in [3.05, 3.63) is 44.7 Å². The molecule has 2 N–H and O–H groups in total. The molecule has 21 heavy (non-hydrogen) atoms. The summed E-state index contributed by atoms with van der Waals surface area (Å²) in [5.41, 5.74) is 3.22. The number of rotatable bonds is 4. The van der Waals surface area contributed by atoms with Gasteiger partial charge in [0.05, 0.1) is 26.3 Å². The van der Waals surface area contributed by atoms with Crippen molar-refractivity contribution in [3.8, 4) is 0 Å². The Labute approximate surface area is 124 Å². The molecule has 0 atom stereocenters. The van der Waals surface area contributed by atoms with Crippen LogP contribution in [0.25, 0.3) is 10.2 Å². The minimum Gasteiger partial charge on any atom is -0.375 e. The van der Waals surface area contributed by atoms with Crippen LogP contribution in [0.1, 0.15) is 16.3 Å². The van der Waals surface area contributed by atoms with Gasteiger partial charge in [-0.1, -0.05) is 0 Å². The Bertz CT molecular complexity index is 823. The summed E-state index contributed by atoms with van der Waals surface area (Å²) < 4.78 is 0.823. The van der Waals surface area contributed by atoms with Crippen LogP contribution in [0.4, 0.5) is 11.4 Å². The normalized spacial score (nSPS) is 11.0. The van der Waals surface area contributed by atoms with Crippen molar-refractivity contribution >= 4 is 32.9 Å². The smallest absolute Gasteiger partial charge is 0.293 e. The molecular weight excluding hydrogens is 290 g/mol. The molecule has 0 unspecified atom stereocenters. The molecule has 1 aromatic carbocycles. The molecule has 0 aliphatic heterocycles. The molecule has 108 valence electrons. The second-order valence-electron chi connectivity index (χ2n) is 4.70. The summed E-state index contributed by atoms with van der Waals surface area (Å²) >= 11 is 1.45. The highest BCUT2D eigenvalue weighted by molar-refractivity contribution is 7.18. The summed E-state index contributed by atoms with van der Waals surface area (Å²) in [6, 6.07) is 3.30. The van der Waals surface area contributed by atoms with Crippen LogP contribution in [0.15, 0.2) is 18.3 Å². The van der Waals surface area contributed by atoms with Crippen molar-refractivity contribution in [1.29, 1.82) is 0 Å². The molecule has 0 aliphatic carbocycles. The van der Waals surface area contributed by atoms with E-state index in [1.807, 2.05) is 13.8 Å². The van der Waals surface area contributed by atoms with Gasteiger partial charge in [0, 0.05) is 23.9 Å². The van der Waals surface area contributed by atoms with Crippen LogP contribution in [0.3, 0.4) is 0 Å². The fraction of sp³-hybridized carbons (Fsp3) is 0.231. The molecule has 8 heteroatoms. The fourth-order valence-corrected chi connectivity index (χ4v) is 2.96. The lowest BCUT2D eigenvalue weighted by Crippen LogP contribution is -2.03.